The fraction of sp³-hybridized carbons (Fsp3) is 0.645. The number of aliphatic imine (C=N–C) groups is 4. The lowest BCUT2D eigenvalue weighted by atomic mass is 9.55. The zero-order chi connectivity index (χ0) is 66.7. The number of carbonyl (C=O) groups excluding carboxylic acids is 7. The normalized spacial score (nSPS) is 32.8. The number of nitrogens with two attached hydrogens (primary N) is 6. The fourth-order valence-electron chi connectivity index (χ4n) is 15.6. The van der Waals surface area contributed by atoms with Crippen LogP contribution in [0, 0.1) is 65.1 Å². The monoisotopic (exact) mass is 1270 g/mol. The van der Waals surface area contributed by atoms with Gasteiger partial charge in [0.1, 0.15) is 18.3 Å². The number of primary amides is 6. The molecule has 0 saturated carbocycles. The Bertz CT molecular complexity index is 3520. The van der Waals surface area contributed by atoms with Gasteiger partial charge in [-0.15, -0.1) is 0 Å². The second kappa shape index (κ2) is 25.7. The summed E-state index contributed by atoms with van der Waals surface area (Å²) in [5.41, 5.74) is 36.6. The van der Waals surface area contributed by atoms with E-state index in [4.69, 9.17) is 68.2 Å². The van der Waals surface area contributed by atoms with Crippen LogP contribution in [0.4, 0.5) is 0 Å². The third-order valence-corrected chi connectivity index (χ3v) is 21.8. The van der Waals surface area contributed by atoms with Gasteiger partial charge < -0.3 is 64.1 Å². The van der Waals surface area contributed by atoms with Crippen molar-refractivity contribution < 1.29 is 67.0 Å². The van der Waals surface area contributed by atoms with Crippen molar-refractivity contribution in [2.75, 3.05) is 13.2 Å². The Morgan fingerprint density at radius 1 is 0.800 bits per heavy atom. The van der Waals surface area contributed by atoms with Crippen LogP contribution in [0.15, 0.2) is 61.5 Å². The largest absolute Gasteiger partial charge is 0.472 e. The molecule has 27 nitrogen and oxygen atoms in total. The summed E-state index contributed by atoms with van der Waals surface area (Å²) in [6, 6.07) is 2.71. The number of benzene rings is 1. The number of hydrogen-bond acceptors (Lipinski definition) is 18. The standard InChI is InChI=1S/C62H90N13O14P/c1-29-20-39-40(21-30(29)2)75(28-70-39)57-52(84)53(41(27-76)87-57)89-90(85,86)88-31(3)26-69-49(83)18-19-59(8)37(22-46(66)80)56-62(11)61(10,25-48(68)82)36(14-17-45(65)79)51(74-62)33(5)55-60(9,24-47(67)81)34(12-15-43(63)77)38(71-55)23-42-58(6,7)35(13-16-44(64)78)50(72-42)32(4)54(59)73-56/h20-21,23,28,31-32,34-37,41,52-53,56-57,76,84H,12-19,22,24-27H2,1-11H3,(H2,63,77)(H2,64,78)(H2,65,79)(H2,66,80)(H2,67,81)(H2,68,82)(H,69,83)(H,85,86). The summed E-state index contributed by atoms with van der Waals surface area (Å²) in [4.78, 5) is 131. The number of fused-ring (bicyclic) bond motifs is 6. The molecule has 8 rings (SSSR count). The van der Waals surface area contributed by atoms with Crippen molar-refractivity contribution >= 4 is 83.1 Å². The van der Waals surface area contributed by atoms with E-state index in [2.05, 4.69) is 10.3 Å². The van der Waals surface area contributed by atoms with Gasteiger partial charge in [0, 0.05) is 131 Å². The molecule has 28 heteroatoms. The molecule has 1 aromatic carbocycles. The molecule has 7 amide bonds. The zero-order valence-electron chi connectivity index (χ0n) is 53.3. The molecule has 1 aromatic heterocycles. The van der Waals surface area contributed by atoms with Gasteiger partial charge in [-0.2, -0.15) is 0 Å². The smallest absolute Gasteiger partial charge is 0.394 e. The van der Waals surface area contributed by atoms with E-state index in [0.29, 0.717) is 50.8 Å². The first-order valence-corrected chi connectivity index (χ1v) is 32.2. The van der Waals surface area contributed by atoms with Gasteiger partial charge >= 0.3 is 7.82 Å². The van der Waals surface area contributed by atoms with E-state index < -0.39 is 149 Å². The summed E-state index contributed by atoms with van der Waals surface area (Å²) in [6.07, 6.45) is -4.34. The molecule has 2 aromatic rings. The molecule has 0 aliphatic carbocycles. The number of nitrogens with one attached hydrogen (secondary N) is 1. The lowest BCUT2D eigenvalue weighted by Crippen LogP contribution is -2.56. The van der Waals surface area contributed by atoms with Crippen LogP contribution in [0.25, 0.3) is 11.0 Å². The predicted octanol–water partition coefficient (Wildman–Crippen LogP) is 3.38. The maximum atomic E-state index is 14.4. The second-order valence-electron chi connectivity index (χ2n) is 27.2. The van der Waals surface area contributed by atoms with Crippen LogP contribution >= 0.6 is 7.82 Å². The molecular weight excluding hydrogens is 1180 g/mol. The zero-order valence-corrected chi connectivity index (χ0v) is 54.2. The highest BCUT2D eigenvalue weighted by Gasteiger charge is 2.67. The van der Waals surface area contributed by atoms with Gasteiger partial charge in [0.25, 0.3) is 0 Å². The second-order valence-corrected chi connectivity index (χ2v) is 28.5. The predicted molar refractivity (Wildman–Crippen MR) is 334 cm³/mol. The Morgan fingerprint density at radius 3 is 1.99 bits per heavy atom. The number of aliphatic hydroxyl groups excluding tert-OH is 2. The molecule has 8 bridgehead atoms. The number of aromatic nitrogens is 2. The Labute approximate surface area is 523 Å². The lowest BCUT2D eigenvalue weighted by Gasteiger charge is -2.48. The maximum absolute atomic E-state index is 14.4. The summed E-state index contributed by atoms with van der Waals surface area (Å²) in [6.45, 7) is 19.3. The highest BCUT2D eigenvalue weighted by molar-refractivity contribution is 7.47. The molecule has 90 heavy (non-hydrogen) atoms. The molecule has 16 unspecified atom stereocenters. The average Bonchev–Trinajstić information content (AvgIpc) is 1.53. The molecule has 492 valence electrons. The van der Waals surface area contributed by atoms with Crippen molar-refractivity contribution in [3.05, 3.63) is 52.6 Å². The Morgan fingerprint density at radius 2 is 1.40 bits per heavy atom. The number of amides is 7. The molecule has 7 heterocycles. The van der Waals surface area contributed by atoms with Crippen LogP contribution < -0.4 is 39.7 Å². The van der Waals surface area contributed by atoms with E-state index in [1.165, 1.54) is 13.3 Å². The van der Waals surface area contributed by atoms with E-state index in [1.807, 2.05) is 80.5 Å². The summed E-state index contributed by atoms with van der Waals surface area (Å²) in [5.74, 6) is -7.95. The number of allylic oxidation sites excluding steroid dienone is 4. The number of ether oxygens (including phenoxy) is 1. The number of phosphoric acid groups is 1. The number of aliphatic hydroxyl groups is 2. The quantitative estimate of drug-likeness (QED) is 0.0604. The average molecular weight is 1270 g/mol. The lowest BCUT2D eigenvalue weighted by molar-refractivity contribution is -0.124. The minimum Gasteiger partial charge on any atom is -0.394 e. The summed E-state index contributed by atoms with van der Waals surface area (Å²) in [5, 5.41) is 24.6. The van der Waals surface area contributed by atoms with Crippen molar-refractivity contribution in [1.29, 1.82) is 0 Å². The number of nitrogens with zero attached hydrogens (tertiary/aromatic N) is 6. The summed E-state index contributed by atoms with van der Waals surface area (Å²) >= 11 is 0. The molecule has 16 atom stereocenters. The van der Waals surface area contributed by atoms with Gasteiger partial charge in [0.05, 0.1) is 47.3 Å². The van der Waals surface area contributed by atoms with Crippen LogP contribution in [0.2, 0.25) is 0 Å². The van der Waals surface area contributed by atoms with Crippen molar-refractivity contribution in [3.8, 4) is 0 Å². The topological polar surface area (TPSA) is 460 Å². The van der Waals surface area contributed by atoms with E-state index in [9.17, 15) is 53.2 Å². The third-order valence-electron chi connectivity index (χ3n) is 20.7. The highest BCUT2D eigenvalue weighted by atomic mass is 31.2. The minimum atomic E-state index is -5.07. The van der Waals surface area contributed by atoms with Gasteiger partial charge in [-0.05, 0) is 95.2 Å². The van der Waals surface area contributed by atoms with Crippen molar-refractivity contribution in [2.45, 2.75) is 189 Å². The molecule has 0 spiro atoms. The summed E-state index contributed by atoms with van der Waals surface area (Å²) in [7, 11) is -5.07. The maximum Gasteiger partial charge on any atom is 0.472 e. The van der Waals surface area contributed by atoms with Crippen LogP contribution in [-0.4, -0.2) is 138 Å². The molecule has 16 N–H and O–H groups in total. The summed E-state index contributed by atoms with van der Waals surface area (Å²) < 4.78 is 32.3. The molecular formula is C62H90N13O14P. The number of phosphoric ester groups is 1. The number of hydrogen-bond donors (Lipinski definition) is 10. The van der Waals surface area contributed by atoms with Crippen LogP contribution in [0.5, 0.6) is 0 Å². The van der Waals surface area contributed by atoms with Gasteiger partial charge in [0.2, 0.25) is 41.4 Å². The van der Waals surface area contributed by atoms with E-state index in [0.717, 1.165) is 11.1 Å². The van der Waals surface area contributed by atoms with Gasteiger partial charge in [-0.3, -0.25) is 62.6 Å². The molecule has 1 saturated heterocycles. The molecule has 1 fully saturated rings. The number of rotatable bonds is 26. The SMILES string of the molecule is CC1=C2N=C(C=C3N=C(C(C)C4=NC(C(CC(N)=O)C4(C)CCC(=O)NCC(C)OP(=O)(O)OC4C(CO)OC(n5cnc6cc(C)c(C)cc65)C4O)C4(C)N=C1C(CCC(N)=O)C4(C)CC(N)=O)C(CCC(N)=O)C3(C)C)C(CCC(N)=O)C2(C)CC(N)=O. The number of aryl methyl sites for hydroxylation is 2. The first-order chi connectivity index (χ1) is 41.8. The molecule has 0 radical (unpaired) electrons. The van der Waals surface area contributed by atoms with E-state index in [1.54, 1.807) is 11.5 Å². The van der Waals surface area contributed by atoms with Gasteiger partial charge in [-0.1, -0.05) is 41.5 Å². The van der Waals surface area contributed by atoms with E-state index in [-0.39, 0.29) is 77.2 Å². The molecule has 6 aliphatic rings. The van der Waals surface area contributed by atoms with Crippen LogP contribution in [-0.2, 0) is 51.9 Å². The Balaban J connectivity index is 1.18. The Kier molecular flexibility index (Phi) is 19.7. The Hall–Kier alpha value is -6.87. The third kappa shape index (κ3) is 13.0. The van der Waals surface area contributed by atoms with Crippen LogP contribution in [0.3, 0.4) is 0 Å². The fourth-order valence-corrected chi connectivity index (χ4v) is 16.7. The van der Waals surface area contributed by atoms with Gasteiger partial charge in [-0.25, -0.2) is 9.55 Å². The van der Waals surface area contributed by atoms with Gasteiger partial charge in [0.15, 0.2) is 6.23 Å². The van der Waals surface area contributed by atoms with Crippen LogP contribution in [0.1, 0.15) is 150 Å². The number of carbonyl (C=O) groups is 7. The van der Waals surface area contributed by atoms with Crippen molar-refractivity contribution in [1.82, 2.24) is 14.9 Å². The minimum absolute atomic E-state index is 0.00443. The molecule has 6 aliphatic heterocycles. The number of imidazole rings is 1. The first kappa shape index (κ1) is 69.0. The van der Waals surface area contributed by atoms with E-state index >= 15 is 0 Å². The van der Waals surface area contributed by atoms with Crippen molar-refractivity contribution in [2.24, 2.45) is 106 Å². The highest BCUT2D eigenvalue weighted by Crippen LogP contribution is 2.63. The first-order valence-electron chi connectivity index (χ1n) is 30.7. The van der Waals surface area contributed by atoms with Crippen molar-refractivity contribution in [3.63, 3.8) is 0 Å².